The Morgan fingerprint density at radius 2 is 1.86 bits per heavy atom. The first kappa shape index (κ1) is 22.8. The molecule has 11 heteroatoms. The number of hydrogen-bond donors (Lipinski definition) is 2. The molecule has 9 nitrogen and oxygen atoms in total. The number of amides is 1. The molecule has 0 radical (unpaired) electrons. The van der Waals surface area contributed by atoms with E-state index >= 15 is 0 Å². The fraction of sp³-hybridized carbons (Fsp3) is 0.0417. The van der Waals surface area contributed by atoms with Crippen molar-refractivity contribution in [3.8, 4) is 0 Å². The van der Waals surface area contributed by atoms with E-state index in [-0.39, 0.29) is 21.9 Å². The van der Waals surface area contributed by atoms with Gasteiger partial charge in [0.25, 0.3) is 5.91 Å². The number of benzene rings is 2. The summed E-state index contributed by atoms with van der Waals surface area (Å²) in [6.45, 7) is 0. The topological polar surface area (TPSA) is 144 Å². The number of hydrogen-bond acceptors (Lipinski definition) is 7. The zero-order valence-electron chi connectivity index (χ0n) is 17.8. The Balaban J connectivity index is 1.63. The second-order valence-electron chi connectivity index (χ2n) is 7.79. The normalized spacial score (nSPS) is 16.3. The molecule has 1 amide bonds. The lowest BCUT2D eigenvalue weighted by atomic mass is 9.96. The Hall–Kier alpha value is -3.99. The number of aromatic nitrogens is 1. The van der Waals surface area contributed by atoms with Gasteiger partial charge in [0.05, 0.1) is 16.5 Å². The minimum Gasteiger partial charge on any atom is -0.503 e. The van der Waals surface area contributed by atoms with E-state index in [4.69, 9.17) is 21.2 Å². The van der Waals surface area contributed by atoms with Crippen molar-refractivity contribution in [3.63, 3.8) is 0 Å². The number of sulfonamides is 1. The molecule has 1 unspecified atom stereocenters. The quantitative estimate of drug-likeness (QED) is 0.388. The van der Waals surface area contributed by atoms with Crippen molar-refractivity contribution >= 4 is 50.0 Å². The molecule has 1 atom stereocenters. The van der Waals surface area contributed by atoms with Gasteiger partial charge in [-0.2, -0.15) is 0 Å². The van der Waals surface area contributed by atoms with Gasteiger partial charge in [0.15, 0.2) is 11.5 Å². The number of ketones is 1. The van der Waals surface area contributed by atoms with Crippen LogP contribution in [0.25, 0.3) is 11.0 Å². The molecule has 3 heterocycles. The number of halogens is 1. The number of pyridine rings is 1. The molecular formula is C24H16ClN3O6S. The van der Waals surface area contributed by atoms with Gasteiger partial charge < -0.3 is 9.52 Å². The van der Waals surface area contributed by atoms with Crippen LogP contribution < -0.4 is 10.0 Å². The van der Waals surface area contributed by atoms with Gasteiger partial charge >= 0.3 is 0 Å². The number of aliphatic hydroxyl groups is 1. The van der Waals surface area contributed by atoms with E-state index in [1.807, 2.05) is 0 Å². The summed E-state index contributed by atoms with van der Waals surface area (Å²) in [5, 5.41) is 17.0. The first-order valence-electron chi connectivity index (χ1n) is 10.2. The van der Waals surface area contributed by atoms with Crippen molar-refractivity contribution in [1.29, 1.82) is 0 Å². The number of furan rings is 1. The summed E-state index contributed by atoms with van der Waals surface area (Å²) in [6.07, 6.45) is 2.99. The van der Waals surface area contributed by atoms with Crippen LogP contribution >= 0.6 is 11.6 Å². The molecule has 4 aromatic rings. The number of Topliss-reactive ketones (excluding diaryl/α,β-unsaturated/α-hetero) is 1. The Kier molecular flexibility index (Phi) is 5.43. The predicted octanol–water partition coefficient (Wildman–Crippen LogP) is 3.91. The van der Waals surface area contributed by atoms with E-state index in [0.717, 1.165) is 0 Å². The number of carbonyl (C=O) groups is 2. The van der Waals surface area contributed by atoms with Crippen LogP contribution in [0, 0.1) is 0 Å². The molecule has 5 rings (SSSR count). The molecule has 2 aromatic heterocycles. The minimum absolute atomic E-state index is 0.0862. The third-order valence-corrected chi connectivity index (χ3v) is 6.76. The average molecular weight is 510 g/mol. The van der Waals surface area contributed by atoms with E-state index < -0.39 is 33.5 Å². The van der Waals surface area contributed by atoms with Crippen molar-refractivity contribution in [2.75, 3.05) is 4.90 Å². The summed E-state index contributed by atoms with van der Waals surface area (Å²) >= 11 is 6.03. The first-order chi connectivity index (χ1) is 16.6. The van der Waals surface area contributed by atoms with Crippen LogP contribution in [-0.4, -0.2) is 30.2 Å². The number of nitrogens with zero attached hydrogens (tertiary/aromatic N) is 2. The summed E-state index contributed by atoms with van der Waals surface area (Å²) in [5.74, 6) is -2.37. The van der Waals surface area contributed by atoms with Crippen molar-refractivity contribution in [2.24, 2.45) is 5.14 Å². The Bertz CT molecular complexity index is 1630. The Labute approximate surface area is 204 Å². The van der Waals surface area contributed by atoms with E-state index in [0.29, 0.717) is 21.6 Å². The average Bonchev–Trinajstić information content (AvgIpc) is 3.37. The summed E-state index contributed by atoms with van der Waals surface area (Å²) in [6, 6.07) is 13.8. The van der Waals surface area contributed by atoms with Crippen LogP contribution in [0.15, 0.2) is 93.7 Å². The lowest BCUT2D eigenvalue weighted by molar-refractivity contribution is -0.117. The fourth-order valence-electron chi connectivity index (χ4n) is 4.01. The maximum Gasteiger partial charge on any atom is 0.294 e. The molecule has 0 bridgehead atoms. The van der Waals surface area contributed by atoms with Crippen molar-refractivity contribution < 1.29 is 27.5 Å². The lowest BCUT2D eigenvalue weighted by Crippen LogP contribution is -2.31. The predicted molar refractivity (Wildman–Crippen MR) is 127 cm³/mol. The number of fused-ring (bicyclic) bond motifs is 1. The molecule has 1 aliphatic rings. The molecule has 176 valence electrons. The molecular weight excluding hydrogens is 494 g/mol. The molecule has 35 heavy (non-hydrogen) atoms. The van der Waals surface area contributed by atoms with E-state index in [2.05, 4.69) is 4.98 Å². The summed E-state index contributed by atoms with van der Waals surface area (Å²) < 4.78 is 29.0. The van der Waals surface area contributed by atoms with Gasteiger partial charge in [0, 0.05) is 28.5 Å². The number of rotatable bonds is 5. The van der Waals surface area contributed by atoms with Crippen molar-refractivity contribution in [1.82, 2.24) is 4.98 Å². The van der Waals surface area contributed by atoms with Crippen LogP contribution in [0.4, 0.5) is 5.69 Å². The van der Waals surface area contributed by atoms with Gasteiger partial charge in [-0.25, -0.2) is 13.6 Å². The molecule has 0 spiro atoms. The highest BCUT2D eigenvalue weighted by molar-refractivity contribution is 7.89. The van der Waals surface area contributed by atoms with Crippen LogP contribution in [-0.2, 0) is 14.8 Å². The molecule has 3 N–H and O–H groups in total. The molecule has 1 aliphatic heterocycles. The van der Waals surface area contributed by atoms with Gasteiger partial charge in [0.1, 0.15) is 5.58 Å². The second kappa shape index (κ2) is 8.35. The van der Waals surface area contributed by atoms with Crippen molar-refractivity contribution in [3.05, 3.63) is 101 Å². The monoisotopic (exact) mass is 509 g/mol. The largest absolute Gasteiger partial charge is 0.503 e. The Morgan fingerprint density at radius 3 is 2.51 bits per heavy atom. The summed E-state index contributed by atoms with van der Waals surface area (Å²) in [4.78, 5) is 31.9. The van der Waals surface area contributed by atoms with E-state index in [1.54, 1.807) is 30.3 Å². The highest BCUT2D eigenvalue weighted by Gasteiger charge is 2.45. The number of primary sulfonamides is 1. The third-order valence-electron chi connectivity index (χ3n) is 5.60. The number of anilines is 1. The van der Waals surface area contributed by atoms with Crippen LogP contribution in [0.3, 0.4) is 0 Å². The second-order valence-corrected chi connectivity index (χ2v) is 9.79. The maximum absolute atomic E-state index is 13.6. The van der Waals surface area contributed by atoms with Crippen molar-refractivity contribution in [2.45, 2.75) is 10.9 Å². The van der Waals surface area contributed by atoms with Gasteiger partial charge in [-0.15, -0.1) is 0 Å². The molecule has 0 saturated heterocycles. The highest BCUT2D eigenvalue weighted by atomic mass is 35.5. The molecule has 0 fully saturated rings. The summed E-state index contributed by atoms with van der Waals surface area (Å²) in [5.41, 5.74) is 0.893. The summed E-state index contributed by atoms with van der Waals surface area (Å²) in [7, 11) is -3.96. The maximum atomic E-state index is 13.6. The zero-order chi connectivity index (χ0) is 24.9. The third kappa shape index (κ3) is 3.97. The number of nitrogens with two attached hydrogens (primary N) is 1. The van der Waals surface area contributed by atoms with Gasteiger partial charge in [0.2, 0.25) is 15.8 Å². The highest BCUT2D eigenvalue weighted by Crippen LogP contribution is 2.42. The zero-order valence-corrected chi connectivity index (χ0v) is 19.3. The van der Waals surface area contributed by atoms with E-state index in [9.17, 15) is 23.1 Å². The molecule has 2 aromatic carbocycles. The van der Waals surface area contributed by atoms with Gasteiger partial charge in [-0.3, -0.25) is 19.5 Å². The number of carbonyl (C=O) groups excluding carboxylic acids is 2. The standard InChI is InChI=1S/C24H16ClN3O6S/c25-15-3-8-18-14(10-15)11-19(34-18)22(29)20-21(13-2-1-9-27-12-13)28(24(31)23(20)30)16-4-6-17(7-5-16)35(26,32)33/h1-12,21,30H,(H2,26,32,33). The van der Waals surface area contributed by atoms with E-state index in [1.165, 1.54) is 47.6 Å². The van der Waals surface area contributed by atoms with Crippen LogP contribution in [0.1, 0.15) is 22.2 Å². The smallest absolute Gasteiger partial charge is 0.294 e. The first-order valence-corrected chi connectivity index (χ1v) is 12.1. The fourth-order valence-corrected chi connectivity index (χ4v) is 4.71. The Morgan fingerprint density at radius 1 is 1.11 bits per heavy atom. The molecule has 0 saturated carbocycles. The minimum atomic E-state index is -3.96. The SMILES string of the molecule is NS(=O)(=O)c1ccc(N2C(=O)C(O)=C(C(=O)c3cc4cc(Cl)ccc4o3)C2c2cccnc2)cc1. The van der Waals surface area contributed by atoms with Gasteiger partial charge in [-0.05, 0) is 60.2 Å². The van der Waals surface area contributed by atoms with Crippen LogP contribution in [0.2, 0.25) is 5.02 Å². The number of aliphatic hydroxyl groups excluding tert-OH is 1. The molecule has 0 aliphatic carbocycles. The van der Waals surface area contributed by atoms with Crippen LogP contribution in [0.5, 0.6) is 0 Å². The van der Waals surface area contributed by atoms with Gasteiger partial charge in [-0.1, -0.05) is 17.7 Å². The lowest BCUT2D eigenvalue weighted by Gasteiger charge is -2.26.